The number of nitrogens with one attached hydrogen (secondary N) is 1. The molecule has 1 fully saturated rings. The van der Waals surface area contributed by atoms with Crippen molar-refractivity contribution in [2.75, 3.05) is 20.1 Å². The van der Waals surface area contributed by atoms with E-state index >= 15 is 0 Å². The van der Waals surface area contributed by atoms with Gasteiger partial charge in [0.05, 0.1) is 6.04 Å². The number of likely N-dealkylation sites (N-methyl/N-ethyl adjacent to an activating group) is 1. The van der Waals surface area contributed by atoms with Crippen LogP contribution in [0.4, 0.5) is 0 Å². The number of piperidine rings is 1. The molecule has 0 radical (unpaired) electrons. The first-order valence-corrected chi connectivity index (χ1v) is 9.29. The lowest BCUT2D eigenvalue weighted by Crippen LogP contribution is -2.51. The monoisotopic (exact) mass is 331 g/mol. The van der Waals surface area contributed by atoms with Crippen molar-refractivity contribution in [3.8, 4) is 0 Å². The molecule has 1 aliphatic rings. The lowest BCUT2D eigenvalue weighted by Gasteiger charge is -2.36. The van der Waals surface area contributed by atoms with Crippen molar-refractivity contribution < 1.29 is 4.79 Å². The number of hydrogen-bond acceptors (Lipinski definition) is 3. The van der Waals surface area contributed by atoms with E-state index in [2.05, 4.69) is 48.0 Å². The Labute approximate surface area is 147 Å². The van der Waals surface area contributed by atoms with E-state index in [0.29, 0.717) is 12.1 Å². The molecule has 1 aliphatic heterocycles. The third-order valence-corrected chi connectivity index (χ3v) is 5.10. The molecule has 1 aromatic carbocycles. The molecule has 4 nitrogen and oxygen atoms in total. The van der Waals surface area contributed by atoms with Crippen molar-refractivity contribution in [2.24, 2.45) is 0 Å². The molecule has 0 saturated carbocycles. The fraction of sp³-hybridized carbons (Fsp3) is 0.650. The highest BCUT2D eigenvalue weighted by Gasteiger charge is 2.26. The topological polar surface area (TPSA) is 35.6 Å². The zero-order valence-electron chi connectivity index (χ0n) is 15.7. The number of rotatable bonds is 7. The van der Waals surface area contributed by atoms with E-state index in [-0.39, 0.29) is 11.9 Å². The van der Waals surface area contributed by atoms with E-state index in [9.17, 15) is 4.79 Å². The summed E-state index contributed by atoms with van der Waals surface area (Å²) in [6.07, 6.45) is 2.95. The molecule has 4 heteroatoms. The van der Waals surface area contributed by atoms with E-state index in [4.69, 9.17) is 0 Å². The summed E-state index contributed by atoms with van der Waals surface area (Å²) in [5, 5.41) is 3.29. The van der Waals surface area contributed by atoms with Crippen molar-refractivity contribution >= 4 is 5.91 Å². The van der Waals surface area contributed by atoms with Gasteiger partial charge >= 0.3 is 0 Å². The second-order valence-electron chi connectivity index (χ2n) is 7.24. The van der Waals surface area contributed by atoms with Gasteiger partial charge in [0.15, 0.2) is 0 Å². The number of benzene rings is 1. The van der Waals surface area contributed by atoms with Crippen molar-refractivity contribution in [3.63, 3.8) is 0 Å². The number of carbonyl (C=O) groups excluding carboxylic acids is 1. The highest BCUT2D eigenvalue weighted by atomic mass is 16.2. The maximum absolute atomic E-state index is 12.7. The number of likely N-dealkylation sites (tertiary alicyclic amines) is 1. The van der Waals surface area contributed by atoms with Crippen molar-refractivity contribution in [1.29, 1.82) is 0 Å². The van der Waals surface area contributed by atoms with E-state index in [1.165, 1.54) is 5.56 Å². The van der Waals surface area contributed by atoms with Gasteiger partial charge < -0.3 is 10.2 Å². The maximum atomic E-state index is 12.7. The first kappa shape index (κ1) is 18.9. The summed E-state index contributed by atoms with van der Waals surface area (Å²) in [6, 6.07) is 11.2. The lowest BCUT2D eigenvalue weighted by molar-refractivity contribution is -0.127. The molecule has 1 aromatic rings. The van der Waals surface area contributed by atoms with Crippen LogP contribution in [0.25, 0.3) is 0 Å². The average molecular weight is 332 g/mol. The van der Waals surface area contributed by atoms with Crippen LogP contribution in [0.3, 0.4) is 0 Å². The summed E-state index contributed by atoms with van der Waals surface area (Å²) in [5.74, 6) is 0.180. The molecule has 0 bridgehead atoms. The van der Waals surface area contributed by atoms with Gasteiger partial charge in [-0.3, -0.25) is 9.69 Å². The van der Waals surface area contributed by atoms with Gasteiger partial charge in [-0.2, -0.15) is 0 Å². The number of carbonyl (C=O) groups is 1. The highest BCUT2D eigenvalue weighted by Crippen LogP contribution is 2.14. The minimum absolute atomic E-state index is 0.0617. The molecule has 2 rings (SSSR count). The summed E-state index contributed by atoms with van der Waals surface area (Å²) in [4.78, 5) is 17.4. The van der Waals surface area contributed by atoms with Crippen molar-refractivity contribution in [2.45, 2.75) is 64.7 Å². The highest BCUT2D eigenvalue weighted by molar-refractivity contribution is 5.81. The van der Waals surface area contributed by atoms with Crippen LogP contribution in [0.1, 0.15) is 45.6 Å². The fourth-order valence-corrected chi connectivity index (χ4v) is 3.54. The number of nitrogens with zero attached hydrogens (tertiary/aromatic N) is 2. The molecule has 24 heavy (non-hydrogen) atoms. The standard InChI is InChI=1S/C20H33N3O/c1-5-19(22(4)15-17-9-7-6-8-10-17)20(24)21-18-11-13-23(14-12-18)16(2)3/h6-10,16,18-19H,5,11-15H2,1-4H3,(H,21,24)/t19-/m1/s1. The smallest absolute Gasteiger partial charge is 0.237 e. The van der Waals surface area contributed by atoms with Crippen LogP contribution in [0, 0.1) is 0 Å². The zero-order valence-corrected chi connectivity index (χ0v) is 15.7. The Hall–Kier alpha value is -1.39. The SMILES string of the molecule is CC[C@H](C(=O)NC1CCN(C(C)C)CC1)N(C)Cc1ccccc1. The molecule has 1 atom stereocenters. The molecule has 0 aliphatic carbocycles. The van der Waals surface area contributed by atoms with Gasteiger partial charge in [-0.1, -0.05) is 37.3 Å². The largest absolute Gasteiger partial charge is 0.352 e. The summed E-state index contributed by atoms with van der Waals surface area (Å²) in [5.41, 5.74) is 1.25. The second-order valence-corrected chi connectivity index (χ2v) is 7.24. The molecule has 134 valence electrons. The lowest BCUT2D eigenvalue weighted by atomic mass is 10.0. The quantitative estimate of drug-likeness (QED) is 0.834. The van der Waals surface area contributed by atoms with Crippen LogP contribution >= 0.6 is 0 Å². The van der Waals surface area contributed by atoms with Gasteiger partial charge in [0.25, 0.3) is 0 Å². The third-order valence-electron chi connectivity index (χ3n) is 5.10. The first-order chi connectivity index (χ1) is 11.5. The molecule has 1 heterocycles. The average Bonchev–Trinajstić information content (AvgIpc) is 2.57. The summed E-state index contributed by atoms with van der Waals surface area (Å²) in [7, 11) is 2.04. The van der Waals surface area contributed by atoms with Gasteiger partial charge in [0.1, 0.15) is 0 Å². The van der Waals surface area contributed by atoms with Gasteiger partial charge in [-0.05, 0) is 45.7 Å². The summed E-state index contributed by atoms with van der Waals surface area (Å²) < 4.78 is 0. The maximum Gasteiger partial charge on any atom is 0.237 e. The molecule has 0 spiro atoms. The van der Waals surface area contributed by atoms with E-state index in [1.807, 2.05) is 25.2 Å². The van der Waals surface area contributed by atoms with Crippen LogP contribution in [0.15, 0.2) is 30.3 Å². The Kier molecular flexibility index (Phi) is 7.25. The van der Waals surface area contributed by atoms with Gasteiger partial charge in [-0.25, -0.2) is 0 Å². The normalized spacial score (nSPS) is 18.1. The summed E-state index contributed by atoms with van der Waals surface area (Å²) >= 11 is 0. The predicted molar refractivity (Wildman–Crippen MR) is 99.9 cm³/mol. The van der Waals surface area contributed by atoms with Crippen LogP contribution in [0.2, 0.25) is 0 Å². The Morgan fingerprint density at radius 1 is 1.25 bits per heavy atom. The van der Waals surface area contributed by atoms with Gasteiger partial charge in [0.2, 0.25) is 5.91 Å². The van der Waals surface area contributed by atoms with E-state index in [0.717, 1.165) is 38.9 Å². The number of amides is 1. The molecule has 1 amide bonds. The Bertz CT molecular complexity index is 495. The minimum atomic E-state index is -0.0617. The summed E-state index contributed by atoms with van der Waals surface area (Å²) in [6.45, 7) is 9.54. The van der Waals surface area contributed by atoms with Crippen LogP contribution in [-0.2, 0) is 11.3 Å². The van der Waals surface area contributed by atoms with E-state index in [1.54, 1.807) is 0 Å². The van der Waals surface area contributed by atoms with Crippen LogP contribution in [-0.4, -0.2) is 54.0 Å². The van der Waals surface area contributed by atoms with Crippen molar-refractivity contribution in [3.05, 3.63) is 35.9 Å². The molecule has 1 saturated heterocycles. The van der Waals surface area contributed by atoms with Crippen LogP contribution < -0.4 is 5.32 Å². The molecular formula is C20H33N3O. The van der Waals surface area contributed by atoms with Gasteiger partial charge in [0, 0.05) is 31.7 Å². The molecular weight excluding hydrogens is 298 g/mol. The van der Waals surface area contributed by atoms with E-state index < -0.39 is 0 Å². The Morgan fingerprint density at radius 2 is 1.88 bits per heavy atom. The second kappa shape index (κ2) is 9.19. The fourth-order valence-electron chi connectivity index (χ4n) is 3.54. The third kappa shape index (κ3) is 5.32. The first-order valence-electron chi connectivity index (χ1n) is 9.29. The molecule has 0 unspecified atom stereocenters. The molecule has 0 aromatic heterocycles. The Balaban J connectivity index is 1.85. The Morgan fingerprint density at radius 3 is 2.42 bits per heavy atom. The zero-order chi connectivity index (χ0) is 17.5. The number of hydrogen-bond donors (Lipinski definition) is 1. The minimum Gasteiger partial charge on any atom is -0.352 e. The predicted octanol–water partition coefficient (Wildman–Crippen LogP) is 2.89. The molecule has 1 N–H and O–H groups in total. The van der Waals surface area contributed by atoms with Gasteiger partial charge in [-0.15, -0.1) is 0 Å². The van der Waals surface area contributed by atoms with Crippen molar-refractivity contribution in [1.82, 2.24) is 15.1 Å². The van der Waals surface area contributed by atoms with Crippen LogP contribution in [0.5, 0.6) is 0 Å².